The van der Waals surface area contributed by atoms with Crippen molar-refractivity contribution in [2.24, 2.45) is 0 Å². The molecule has 13 heavy (non-hydrogen) atoms. The van der Waals surface area contributed by atoms with E-state index >= 15 is 0 Å². The quantitative estimate of drug-likeness (QED) is 0.439. The zero-order valence-corrected chi connectivity index (χ0v) is 7.62. The van der Waals surface area contributed by atoms with Crippen LogP contribution in [0, 0.1) is 6.57 Å². The van der Waals surface area contributed by atoms with Crippen LogP contribution in [0.25, 0.3) is 4.85 Å². The molecule has 0 unspecified atom stereocenters. The molecule has 70 valence electrons. The van der Waals surface area contributed by atoms with Gasteiger partial charge in [-0.3, -0.25) is 4.79 Å². The number of nitrogens with zero attached hydrogens (tertiary/aromatic N) is 2. The maximum absolute atomic E-state index is 11.5. The van der Waals surface area contributed by atoms with Crippen LogP contribution in [0.4, 0.5) is 0 Å². The lowest BCUT2D eigenvalue weighted by Crippen LogP contribution is -2.41. The number of hydrogen-bond donors (Lipinski definition) is 0. The first-order chi connectivity index (χ1) is 6.29. The molecule has 0 bridgehead atoms. The predicted octanol–water partition coefficient (Wildman–Crippen LogP) is 0.668. The molecule has 1 amide bonds. The summed E-state index contributed by atoms with van der Waals surface area (Å²) < 4.78 is 5.11. The molecule has 1 saturated heterocycles. The van der Waals surface area contributed by atoms with Gasteiger partial charge in [-0.25, -0.2) is 4.85 Å². The Bertz CT molecular complexity index is 259. The molecule has 0 spiro atoms. The Morgan fingerprint density at radius 2 is 2.15 bits per heavy atom. The van der Waals surface area contributed by atoms with E-state index in [-0.39, 0.29) is 11.6 Å². The summed E-state index contributed by atoms with van der Waals surface area (Å²) in [5, 5.41) is 0. The summed E-state index contributed by atoms with van der Waals surface area (Å²) in [6.45, 7) is 10.8. The Morgan fingerprint density at radius 1 is 1.54 bits per heavy atom. The smallest absolute Gasteiger partial charge is 0.252 e. The third-order valence-corrected chi connectivity index (χ3v) is 1.91. The Morgan fingerprint density at radius 3 is 2.62 bits per heavy atom. The lowest BCUT2D eigenvalue weighted by Gasteiger charge is -2.26. The first-order valence-corrected chi connectivity index (χ1v) is 4.20. The molecule has 0 radical (unpaired) electrons. The lowest BCUT2D eigenvalue weighted by atomic mass is 10.3. The van der Waals surface area contributed by atoms with E-state index in [0.717, 1.165) is 0 Å². The van der Waals surface area contributed by atoms with Crippen LogP contribution in [-0.4, -0.2) is 37.1 Å². The second-order valence-electron chi connectivity index (χ2n) is 2.69. The summed E-state index contributed by atoms with van der Waals surface area (Å²) in [6, 6.07) is 0. The fourth-order valence-corrected chi connectivity index (χ4v) is 1.16. The van der Waals surface area contributed by atoms with Gasteiger partial charge in [-0.05, 0) is 0 Å². The minimum atomic E-state index is -0.180. The lowest BCUT2D eigenvalue weighted by molar-refractivity contribution is -0.130. The molecule has 1 heterocycles. The van der Waals surface area contributed by atoms with Crippen LogP contribution >= 0.6 is 0 Å². The van der Waals surface area contributed by atoms with E-state index in [1.54, 1.807) is 17.9 Å². The molecule has 4 nitrogen and oxygen atoms in total. The average molecular weight is 180 g/mol. The first kappa shape index (κ1) is 9.75. The van der Waals surface area contributed by atoms with Gasteiger partial charge in [-0.2, -0.15) is 0 Å². The summed E-state index contributed by atoms with van der Waals surface area (Å²) >= 11 is 0. The van der Waals surface area contributed by atoms with Gasteiger partial charge in [0.2, 0.25) is 5.70 Å². The van der Waals surface area contributed by atoms with E-state index < -0.39 is 0 Å². The summed E-state index contributed by atoms with van der Waals surface area (Å²) in [7, 11) is 0. The van der Waals surface area contributed by atoms with E-state index in [1.165, 1.54) is 0 Å². The van der Waals surface area contributed by atoms with E-state index in [1.807, 2.05) is 0 Å². The van der Waals surface area contributed by atoms with Gasteiger partial charge in [-0.1, -0.05) is 13.0 Å². The van der Waals surface area contributed by atoms with E-state index in [4.69, 9.17) is 11.3 Å². The number of rotatable bonds is 1. The minimum Gasteiger partial charge on any atom is -0.378 e. The molecule has 0 atom stereocenters. The van der Waals surface area contributed by atoms with Gasteiger partial charge in [0.15, 0.2) is 0 Å². The number of hydrogen-bond acceptors (Lipinski definition) is 2. The number of amides is 1. The molecule has 1 aliphatic rings. The highest BCUT2D eigenvalue weighted by Gasteiger charge is 2.19. The van der Waals surface area contributed by atoms with Crippen LogP contribution in [-0.2, 0) is 9.53 Å². The van der Waals surface area contributed by atoms with Crippen molar-refractivity contribution in [3.8, 4) is 0 Å². The zero-order chi connectivity index (χ0) is 9.68. The van der Waals surface area contributed by atoms with Crippen molar-refractivity contribution in [3.05, 3.63) is 23.2 Å². The molecule has 0 aromatic heterocycles. The van der Waals surface area contributed by atoms with Crippen molar-refractivity contribution in [2.45, 2.75) is 6.92 Å². The normalized spacial score (nSPS) is 18.2. The van der Waals surface area contributed by atoms with E-state index in [0.29, 0.717) is 26.3 Å². The summed E-state index contributed by atoms with van der Waals surface area (Å²) in [5.74, 6) is -0.180. The zero-order valence-electron chi connectivity index (χ0n) is 7.62. The van der Waals surface area contributed by atoms with Gasteiger partial charge in [0.1, 0.15) is 0 Å². The van der Waals surface area contributed by atoms with Crippen molar-refractivity contribution >= 4 is 5.91 Å². The van der Waals surface area contributed by atoms with Crippen LogP contribution in [0.3, 0.4) is 0 Å². The number of carbonyl (C=O) groups is 1. The number of carbonyl (C=O) groups excluding carboxylic acids is 1. The Balaban J connectivity index is 2.61. The third kappa shape index (κ3) is 2.30. The average Bonchev–Trinajstić information content (AvgIpc) is 2.21. The molecule has 0 N–H and O–H groups in total. The highest BCUT2D eigenvalue weighted by atomic mass is 16.5. The van der Waals surface area contributed by atoms with Gasteiger partial charge < -0.3 is 9.64 Å². The SMILES string of the molecule is [C-]#[N+]/C(=C/C)C(=O)N1CCOCC1. The number of allylic oxidation sites excluding steroid dienone is 1. The number of morpholine rings is 1. The van der Waals surface area contributed by atoms with Crippen molar-refractivity contribution in [1.82, 2.24) is 4.90 Å². The fourth-order valence-electron chi connectivity index (χ4n) is 1.16. The molecule has 1 fully saturated rings. The fraction of sp³-hybridized carbons (Fsp3) is 0.556. The van der Waals surface area contributed by atoms with Gasteiger partial charge >= 0.3 is 0 Å². The second-order valence-corrected chi connectivity index (χ2v) is 2.69. The van der Waals surface area contributed by atoms with Crippen molar-refractivity contribution in [3.63, 3.8) is 0 Å². The standard InChI is InChI=1S/C9H12N2O2/c1-3-8(10-2)9(12)11-4-6-13-7-5-11/h3H,4-7H2,1H3/b8-3+. The third-order valence-electron chi connectivity index (χ3n) is 1.91. The Labute approximate surface area is 77.6 Å². The first-order valence-electron chi connectivity index (χ1n) is 4.20. The second kappa shape index (κ2) is 4.63. The molecule has 0 aromatic carbocycles. The van der Waals surface area contributed by atoms with Gasteiger partial charge in [0.25, 0.3) is 5.91 Å². The van der Waals surface area contributed by atoms with Gasteiger partial charge in [-0.15, -0.1) is 0 Å². The van der Waals surface area contributed by atoms with Crippen LogP contribution in [0.15, 0.2) is 11.8 Å². The minimum absolute atomic E-state index is 0.180. The molecule has 4 heteroatoms. The monoisotopic (exact) mass is 180 g/mol. The molecule has 0 aliphatic carbocycles. The molecular weight excluding hydrogens is 168 g/mol. The predicted molar refractivity (Wildman–Crippen MR) is 47.8 cm³/mol. The summed E-state index contributed by atoms with van der Waals surface area (Å²) in [6.07, 6.45) is 1.55. The van der Waals surface area contributed by atoms with Crippen molar-refractivity contribution in [1.29, 1.82) is 0 Å². The highest BCUT2D eigenvalue weighted by Crippen LogP contribution is 2.05. The molecule has 0 saturated carbocycles. The molecule has 1 aliphatic heterocycles. The summed E-state index contributed by atoms with van der Waals surface area (Å²) in [4.78, 5) is 16.4. The van der Waals surface area contributed by atoms with Crippen LogP contribution < -0.4 is 0 Å². The maximum atomic E-state index is 11.5. The van der Waals surface area contributed by atoms with Crippen LogP contribution in [0.1, 0.15) is 6.92 Å². The van der Waals surface area contributed by atoms with Crippen LogP contribution in [0.5, 0.6) is 0 Å². The molecule has 0 aromatic rings. The van der Waals surface area contributed by atoms with E-state index in [2.05, 4.69) is 4.85 Å². The number of ether oxygens (including phenoxy) is 1. The topological polar surface area (TPSA) is 33.9 Å². The summed E-state index contributed by atoms with van der Waals surface area (Å²) in [5.41, 5.74) is 0.196. The van der Waals surface area contributed by atoms with E-state index in [9.17, 15) is 4.79 Å². The molecular formula is C9H12N2O2. The van der Waals surface area contributed by atoms with Crippen molar-refractivity contribution in [2.75, 3.05) is 26.3 Å². The van der Waals surface area contributed by atoms with Gasteiger partial charge in [0.05, 0.1) is 19.8 Å². The maximum Gasteiger partial charge on any atom is 0.252 e. The van der Waals surface area contributed by atoms with Crippen LogP contribution in [0.2, 0.25) is 0 Å². The highest BCUT2D eigenvalue weighted by molar-refractivity contribution is 5.95. The Kier molecular flexibility index (Phi) is 3.47. The largest absolute Gasteiger partial charge is 0.378 e. The van der Waals surface area contributed by atoms with Gasteiger partial charge in [0, 0.05) is 13.1 Å². The molecule has 1 rings (SSSR count). The Hall–Kier alpha value is -1.34. The van der Waals surface area contributed by atoms with Crippen molar-refractivity contribution < 1.29 is 9.53 Å².